The van der Waals surface area contributed by atoms with E-state index in [0.717, 1.165) is 39.0 Å². The van der Waals surface area contributed by atoms with Gasteiger partial charge in [0.2, 0.25) is 6.79 Å². The molecule has 0 saturated carbocycles. The van der Waals surface area contributed by atoms with Crippen molar-refractivity contribution >= 4 is 38.9 Å². The average molecular weight is 412 g/mol. The fraction of sp³-hybridized carbons (Fsp3) is 0.0952. The van der Waals surface area contributed by atoms with Crippen molar-refractivity contribution in [2.24, 2.45) is 5.73 Å². The van der Waals surface area contributed by atoms with Crippen molar-refractivity contribution in [3.63, 3.8) is 0 Å². The number of hydrogen-bond donors (Lipinski definition) is 3. The van der Waals surface area contributed by atoms with Crippen molar-refractivity contribution in [3.05, 3.63) is 71.3 Å². The number of amidine groups is 1. The molecular weight excluding hydrogens is 392 g/mol. The van der Waals surface area contributed by atoms with Gasteiger partial charge in [0.1, 0.15) is 5.84 Å². The van der Waals surface area contributed by atoms with Gasteiger partial charge in [-0.1, -0.05) is 48.6 Å². The first-order valence-corrected chi connectivity index (χ1v) is 10.4. The van der Waals surface area contributed by atoms with Crippen LogP contribution in [0.5, 0.6) is 11.5 Å². The number of nitrogen functional groups attached to an aromatic ring is 1. The standard InChI is InChI=1S/C20H16N2O2.CH4O3S/c21-20(22)16-8-7-15-3-1-2-14(17(15)11-16)6-4-13-5-9-18-19(10-13)24-12-23-18;1-5(2,3)4/h1-11H,12H2,(H3,21,22);1H3,(H,2,3,4)/b6-4+;. The number of rotatable bonds is 3. The van der Waals surface area contributed by atoms with Crippen molar-refractivity contribution in [1.29, 1.82) is 5.41 Å². The van der Waals surface area contributed by atoms with Crippen molar-refractivity contribution < 1.29 is 22.4 Å². The Morgan fingerprint density at radius 3 is 2.52 bits per heavy atom. The molecule has 0 bridgehead atoms. The topological polar surface area (TPSA) is 123 Å². The van der Waals surface area contributed by atoms with Crippen LogP contribution in [-0.2, 0) is 10.1 Å². The van der Waals surface area contributed by atoms with E-state index in [0.29, 0.717) is 6.26 Å². The number of ether oxygens (including phenoxy) is 2. The van der Waals surface area contributed by atoms with E-state index in [2.05, 4.69) is 18.2 Å². The first-order chi connectivity index (χ1) is 13.7. The molecule has 1 aliphatic rings. The van der Waals surface area contributed by atoms with Gasteiger partial charge < -0.3 is 15.2 Å². The van der Waals surface area contributed by atoms with E-state index in [1.54, 1.807) is 0 Å². The molecule has 3 aromatic rings. The third-order valence-corrected chi connectivity index (χ3v) is 4.08. The second-order valence-corrected chi connectivity index (χ2v) is 7.84. The molecule has 4 N–H and O–H groups in total. The molecule has 0 saturated heterocycles. The summed E-state index contributed by atoms with van der Waals surface area (Å²) >= 11 is 0. The highest BCUT2D eigenvalue weighted by Crippen LogP contribution is 2.33. The van der Waals surface area contributed by atoms with Crippen molar-refractivity contribution in [3.8, 4) is 11.5 Å². The highest BCUT2D eigenvalue weighted by molar-refractivity contribution is 7.85. The molecule has 0 fully saturated rings. The molecule has 0 radical (unpaired) electrons. The van der Waals surface area contributed by atoms with Crippen molar-refractivity contribution in [2.45, 2.75) is 0 Å². The summed E-state index contributed by atoms with van der Waals surface area (Å²) < 4.78 is 36.6. The Bertz CT molecular complexity index is 1190. The van der Waals surface area contributed by atoms with Gasteiger partial charge in [-0.25, -0.2) is 0 Å². The van der Waals surface area contributed by atoms with Crippen LogP contribution < -0.4 is 15.2 Å². The molecular formula is C21H20N2O5S. The van der Waals surface area contributed by atoms with Gasteiger partial charge in [-0.2, -0.15) is 8.42 Å². The SMILES string of the molecule is CS(=O)(=O)O.N=C(N)c1ccc2cccc(/C=C/c3ccc4c(c3)OCO4)c2c1. The van der Waals surface area contributed by atoms with Crippen LogP contribution in [0.15, 0.2) is 54.6 Å². The molecule has 0 unspecified atom stereocenters. The minimum absolute atomic E-state index is 0.0754. The van der Waals surface area contributed by atoms with Gasteiger partial charge in [0.05, 0.1) is 6.26 Å². The van der Waals surface area contributed by atoms with Crippen LogP contribution >= 0.6 is 0 Å². The summed E-state index contributed by atoms with van der Waals surface area (Å²) in [6.45, 7) is 0.277. The smallest absolute Gasteiger partial charge is 0.261 e. The summed E-state index contributed by atoms with van der Waals surface area (Å²) in [5.74, 6) is 1.63. The zero-order valence-electron chi connectivity index (χ0n) is 15.6. The second-order valence-electron chi connectivity index (χ2n) is 6.38. The molecule has 0 aromatic heterocycles. The van der Waals surface area contributed by atoms with Crippen molar-refractivity contribution in [2.75, 3.05) is 13.0 Å². The maximum Gasteiger partial charge on any atom is 0.261 e. The van der Waals surface area contributed by atoms with Crippen LogP contribution in [0, 0.1) is 5.41 Å². The van der Waals surface area contributed by atoms with Crippen LogP contribution in [0.2, 0.25) is 0 Å². The first kappa shape index (κ1) is 20.4. The largest absolute Gasteiger partial charge is 0.454 e. The van der Waals surface area contributed by atoms with Crippen LogP contribution in [0.3, 0.4) is 0 Å². The van der Waals surface area contributed by atoms with Crippen LogP contribution in [0.4, 0.5) is 0 Å². The van der Waals surface area contributed by atoms with Gasteiger partial charge in [-0.15, -0.1) is 0 Å². The maximum atomic E-state index is 9.19. The summed E-state index contributed by atoms with van der Waals surface area (Å²) in [6, 6.07) is 17.8. The normalized spacial score (nSPS) is 12.6. The van der Waals surface area contributed by atoms with E-state index in [1.165, 1.54) is 0 Å². The minimum Gasteiger partial charge on any atom is -0.454 e. The molecule has 4 rings (SSSR count). The van der Waals surface area contributed by atoms with E-state index >= 15 is 0 Å². The summed E-state index contributed by atoms with van der Waals surface area (Å²) in [6.07, 6.45) is 4.81. The van der Waals surface area contributed by atoms with Crippen LogP contribution in [-0.4, -0.2) is 31.9 Å². The fourth-order valence-electron chi connectivity index (χ4n) is 2.81. The Labute approximate surface area is 168 Å². The van der Waals surface area contributed by atoms with E-state index in [1.807, 2.05) is 48.5 Å². The van der Waals surface area contributed by atoms with Gasteiger partial charge in [-0.3, -0.25) is 9.96 Å². The molecule has 1 heterocycles. The number of fused-ring (bicyclic) bond motifs is 2. The maximum absolute atomic E-state index is 9.19. The van der Waals surface area contributed by atoms with Gasteiger partial charge >= 0.3 is 0 Å². The monoisotopic (exact) mass is 412 g/mol. The molecule has 7 nitrogen and oxygen atoms in total. The molecule has 8 heteroatoms. The van der Waals surface area contributed by atoms with Crippen LogP contribution in [0.25, 0.3) is 22.9 Å². The Kier molecular flexibility index (Phi) is 5.86. The molecule has 3 aromatic carbocycles. The molecule has 1 aliphatic heterocycles. The Balaban J connectivity index is 0.000000431. The summed E-state index contributed by atoms with van der Waals surface area (Å²) in [5.41, 5.74) is 8.46. The van der Waals surface area contributed by atoms with Crippen LogP contribution in [0.1, 0.15) is 16.7 Å². The highest BCUT2D eigenvalue weighted by atomic mass is 32.2. The number of benzene rings is 3. The molecule has 29 heavy (non-hydrogen) atoms. The third kappa shape index (κ3) is 5.56. The number of hydrogen-bond acceptors (Lipinski definition) is 5. The van der Waals surface area contributed by atoms with Crippen molar-refractivity contribution in [1.82, 2.24) is 0 Å². The van der Waals surface area contributed by atoms with E-state index in [9.17, 15) is 8.42 Å². The molecule has 150 valence electrons. The van der Waals surface area contributed by atoms with Gasteiger partial charge in [-0.05, 0) is 40.1 Å². The lowest BCUT2D eigenvalue weighted by molar-refractivity contribution is 0.174. The van der Waals surface area contributed by atoms with Gasteiger partial charge in [0.25, 0.3) is 10.1 Å². The van der Waals surface area contributed by atoms with E-state index in [4.69, 9.17) is 25.2 Å². The van der Waals surface area contributed by atoms with Gasteiger partial charge in [0.15, 0.2) is 11.5 Å². The molecule has 0 amide bonds. The zero-order valence-corrected chi connectivity index (χ0v) is 16.4. The van der Waals surface area contributed by atoms with Gasteiger partial charge in [0, 0.05) is 5.56 Å². The lowest BCUT2D eigenvalue weighted by Crippen LogP contribution is -2.10. The summed E-state index contributed by atoms with van der Waals surface area (Å²) in [5, 5.41) is 9.81. The predicted molar refractivity (Wildman–Crippen MR) is 114 cm³/mol. The number of nitrogens with one attached hydrogen (secondary N) is 1. The average Bonchev–Trinajstić information content (AvgIpc) is 3.12. The molecule has 0 atom stereocenters. The molecule has 0 aliphatic carbocycles. The Morgan fingerprint density at radius 2 is 1.79 bits per heavy atom. The second kappa shape index (κ2) is 8.34. The Morgan fingerprint density at radius 1 is 1.07 bits per heavy atom. The first-order valence-electron chi connectivity index (χ1n) is 8.58. The lowest BCUT2D eigenvalue weighted by atomic mass is 10.0. The van der Waals surface area contributed by atoms with E-state index in [-0.39, 0.29) is 12.6 Å². The van der Waals surface area contributed by atoms with E-state index < -0.39 is 10.1 Å². The zero-order chi connectivity index (χ0) is 21.0. The lowest BCUT2D eigenvalue weighted by Gasteiger charge is -2.05. The predicted octanol–water partition coefficient (Wildman–Crippen LogP) is 3.53. The highest BCUT2D eigenvalue weighted by Gasteiger charge is 2.12. The molecule has 0 spiro atoms. The minimum atomic E-state index is -3.67. The fourth-order valence-corrected chi connectivity index (χ4v) is 2.81. The number of nitrogens with two attached hydrogens (primary N) is 1. The Hall–Kier alpha value is -3.36. The quantitative estimate of drug-likeness (QED) is 0.262. The third-order valence-electron chi connectivity index (χ3n) is 4.08. The summed E-state index contributed by atoms with van der Waals surface area (Å²) in [7, 11) is -3.67. The summed E-state index contributed by atoms with van der Waals surface area (Å²) in [4.78, 5) is 0.